The lowest BCUT2D eigenvalue weighted by atomic mass is 10.1. The standard InChI is InChI=1S/C15H16N2S/c1-2-8-17-11-12-4-3-5-13(9-12)15-7-6-14(10-16)18-15/h3-7,9,17H,2,8,11H2,1H3. The molecule has 1 heterocycles. The van der Waals surface area contributed by atoms with E-state index in [9.17, 15) is 0 Å². The summed E-state index contributed by atoms with van der Waals surface area (Å²) < 4.78 is 0. The van der Waals surface area contributed by atoms with E-state index < -0.39 is 0 Å². The van der Waals surface area contributed by atoms with E-state index in [2.05, 4.69) is 42.6 Å². The summed E-state index contributed by atoms with van der Waals surface area (Å²) in [6.45, 7) is 4.11. The number of rotatable bonds is 5. The van der Waals surface area contributed by atoms with Crippen molar-refractivity contribution < 1.29 is 0 Å². The zero-order valence-corrected chi connectivity index (χ0v) is 11.3. The Kier molecular flexibility index (Phi) is 4.52. The molecule has 0 aliphatic heterocycles. The highest BCUT2D eigenvalue weighted by Gasteiger charge is 2.03. The summed E-state index contributed by atoms with van der Waals surface area (Å²) in [6, 6.07) is 14.6. The summed E-state index contributed by atoms with van der Waals surface area (Å²) in [7, 11) is 0. The van der Waals surface area contributed by atoms with E-state index in [0.717, 1.165) is 29.3 Å². The van der Waals surface area contributed by atoms with Gasteiger partial charge in [-0.2, -0.15) is 5.26 Å². The van der Waals surface area contributed by atoms with Crippen LogP contribution in [0.4, 0.5) is 0 Å². The summed E-state index contributed by atoms with van der Waals surface area (Å²) in [5.74, 6) is 0. The zero-order chi connectivity index (χ0) is 12.8. The van der Waals surface area contributed by atoms with Gasteiger partial charge in [-0.05, 0) is 42.3 Å². The van der Waals surface area contributed by atoms with Gasteiger partial charge in [0.1, 0.15) is 10.9 Å². The molecule has 0 saturated carbocycles. The van der Waals surface area contributed by atoms with Crippen LogP contribution in [0.15, 0.2) is 36.4 Å². The van der Waals surface area contributed by atoms with Crippen LogP contribution in [0.1, 0.15) is 23.8 Å². The molecule has 0 unspecified atom stereocenters. The minimum atomic E-state index is 0.763. The second-order valence-corrected chi connectivity index (χ2v) is 5.24. The lowest BCUT2D eigenvalue weighted by Gasteiger charge is -2.05. The van der Waals surface area contributed by atoms with E-state index >= 15 is 0 Å². The first-order chi connectivity index (χ1) is 8.83. The van der Waals surface area contributed by atoms with Crippen LogP contribution in [-0.2, 0) is 6.54 Å². The smallest absolute Gasteiger partial charge is 0.110 e. The molecule has 0 bridgehead atoms. The first-order valence-electron chi connectivity index (χ1n) is 6.13. The minimum absolute atomic E-state index is 0.763. The summed E-state index contributed by atoms with van der Waals surface area (Å²) in [5.41, 5.74) is 2.48. The third kappa shape index (κ3) is 3.19. The van der Waals surface area contributed by atoms with Gasteiger partial charge in [-0.25, -0.2) is 0 Å². The van der Waals surface area contributed by atoms with Crippen LogP contribution in [-0.4, -0.2) is 6.54 Å². The van der Waals surface area contributed by atoms with E-state index in [4.69, 9.17) is 5.26 Å². The van der Waals surface area contributed by atoms with Gasteiger partial charge in [-0.1, -0.05) is 25.1 Å². The van der Waals surface area contributed by atoms with Crippen molar-refractivity contribution in [1.29, 1.82) is 5.26 Å². The quantitative estimate of drug-likeness (QED) is 0.826. The highest BCUT2D eigenvalue weighted by Crippen LogP contribution is 2.28. The highest BCUT2D eigenvalue weighted by molar-refractivity contribution is 7.16. The average Bonchev–Trinajstić information content (AvgIpc) is 2.88. The fourth-order valence-corrected chi connectivity index (χ4v) is 2.60. The number of thiophene rings is 1. The van der Waals surface area contributed by atoms with Crippen molar-refractivity contribution in [2.45, 2.75) is 19.9 Å². The molecule has 3 heteroatoms. The first-order valence-corrected chi connectivity index (χ1v) is 6.95. The first kappa shape index (κ1) is 12.8. The van der Waals surface area contributed by atoms with Gasteiger partial charge < -0.3 is 5.32 Å². The molecule has 0 aliphatic rings. The average molecular weight is 256 g/mol. The van der Waals surface area contributed by atoms with Gasteiger partial charge in [0, 0.05) is 11.4 Å². The van der Waals surface area contributed by atoms with Crippen LogP contribution < -0.4 is 5.32 Å². The van der Waals surface area contributed by atoms with Crippen molar-refractivity contribution in [3.05, 3.63) is 46.8 Å². The monoisotopic (exact) mass is 256 g/mol. The highest BCUT2D eigenvalue weighted by atomic mass is 32.1. The van der Waals surface area contributed by atoms with Crippen molar-refractivity contribution in [1.82, 2.24) is 5.32 Å². The Morgan fingerprint density at radius 1 is 1.28 bits per heavy atom. The fourth-order valence-electron chi connectivity index (χ4n) is 1.80. The Morgan fingerprint density at radius 2 is 2.17 bits per heavy atom. The van der Waals surface area contributed by atoms with E-state index in [1.807, 2.05) is 12.1 Å². The second-order valence-electron chi connectivity index (χ2n) is 4.15. The Labute approximate surface area is 112 Å². The number of nitrogens with one attached hydrogen (secondary N) is 1. The van der Waals surface area contributed by atoms with Crippen molar-refractivity contribution in [3.8, 4) is 16.5 Å². The van der Waals surface area contributed by atoms with Gasteiger partial charge in [0.25, 0.3) is 0 Å². The summed E-state index contributed by atoms with van der Waals surface area (Å²) in [4.78, 5) is 1.92. The Morgan fingerprint density at radius 3 is 2.89 bits per heavy atom. The minimum Gasteiger partial charge on any atom is -0.313 e. The van der Waals surface area contributed by atoms with Gasteiger partial charge in [-0.15, -0.1) is 11.3 Å². The Balaban J connectivity index is 2.14. The molecule has 1 N–H and O–H groups in total. The van der Waals surface area contributed by atoms with Crippen LogP contribution in [0.25, 0.3) is 10.4 Å². The van der Waals surface area contributed by atoms with E-state index in [-0.39, 0.29) is 0 Å². The molecule has 2 nitrogen and oxygen atoms in total. The third-order valence-corrected chi connectivity index (χ3v) is 3.72. The number of hydrogen-bond donors (Lipinski definition) is 1. The SMILES string of the molecule is CCCNCc1cccc(-c2ccc(C#N)s2)c1. The maximum atomic E-state index is 8.85. The molecule has 0 atom stereocenters. The molecule has 0 amide bonds. The molecule has 0 aliphatic carbocycles. The van der Waals surface area contributed by atoms with Crippen LogP contribution >= 0.6 is 11.3 Å². The molecule has 92 valence electrons. The maximum absolute atomic E-state index is 8.85. The lowest BCUT2D eigenvalue weighted by molar-refractivity contribution is 0.675. The van der Waals surface area contributed by atoms with Crippen molar-refractivity contribution in [2.75, 3.05) is 6.54 Å². The van der Waals surface area contributed by atoms with Crippen molar-refractivity contribution in [3.63, 3.8) is 0 Å². The molecule has 0 spiro atoms. The molecular weight excluding hydrogens is 240 g/mol. The Bertz CT molecular complexity index is 552. The van der Waals surface area contributed by atoms with Gasteiger partial charge in [-0.3, -0.25) is 0 Å². The topological polar surface area (TPSA) is 35.8 Å². The van der Waals surface area contributed by atoms with Gasteiger partial charge >= 0.3 is 0 Å². The number of hydrogen-bond acceptors (Lipinski definition) is 3. The van der Waals surface area contributed by atoms with Crippen LogP contribution in [0.3, 0.4) is 0 Å². The molecule has 2 aromatic rings. The van der Waals surface area contributed by atoms with E-state index in [1.54, 1.807) is 11.3 Å². The number of benzene rings is 1. The van der Waals surface area contributed by atoms with Gasteiger partial charge in [0.15, 0.2) is 0 Å². The summed E-state index contributed by atoms with van der Waals surface area (Å²) >= 11 is 1.54. The summed E-state index contributed by atoms with van der Waals surface area (Å²) in [6.07, 6.45) is 1.15. The van der Waals surface area contributed by atoms with Crippen LogP contribution in [0.2, 0.25) is 0 Å². The van der Waals surface area contributed by atoms with Gasteiger partial charge in [0.2, 0.25) is 0 Å². The predicted molar refractivity (Wildman–Crippen MR) is 76.5 cm³/mol. The second kappa shape index (κ2) is 6.34. The molecule has 2 rings (SSSR count). The molecule has 1 aromatic carbocycles. The number of nitriles is 1. The largest absolute Gasteiger partial charge is 0.313 e. The Hall–Kier alpha value is -1.63. The van der Waals surface area contributed by atoms with Crippen molar-refractivity contribution >= 4 is 11.3 Å². The van der Waals surface area contributed by atoms with E-state index in [1.165, 1.54) is 11.1 Å². The maximum Gasteiger partial charge on any atom is 0.110 e. The molecule has 0 saturated heterocycles. The molecule has 18 heavy (non-hydrogen) atoms. The normalized spacial score (nSPS) is 10.2. The molecule has 0 radical (unpaired) electrons. The zero-order valence-electron chi connectivity index (χ0n) is 10.4. The molecule has 0 fully saturated rings. The molecular formula is C15H16N2S. The lowest BCUT2D eigenvalue weighted by Crippen LogP contribution is -2.13. The van der Waals surface area contributed by atoms with Crippen LogP contribution in [0.5, 0.6) is 0 Å². The number of nitrogens with zero attached hydrogens (tertiary/aromatic N) is 1. The van der Waals surface area contributed by atoms with Crippen molar-refractivity contribution in [2.24, 2.45) is 0 Å². The van der Waals surface area contributed by atoms with Crippen LogP contribution in [0, 0.1) is 11.3 Å². The fraction of sp³-hybridized carbons (Fsp3) is 0.267. The van der Waals surface area contributed by atoms with E-state index in [0.29, 0.717) is 0 Å². The third-order valence-electron chi connectivity index (χ3n) is 2.68. The summed E-state index contributed by atoms with van der Waals surface area (Å²) in [5, 5.41) is 12.2. The molecule has 1 aromatic heterocycles. The predicted octanol–water partition coefficient (Wildman–Crippen LogP) is 3.79. The van der Waals surface area contributed by atoms with Gasteiger partial charge in [0.05, 0.1) is 0 Å².